The van der Waals surface area contributed by atoms with Crippen molar-refractivity contribution in [1.82, 2.24) is 0 Å². The van der Waals surface area contributed by atoms with Gasteiger partial charge in [-0.1, -0.05) is 36.4 Å². The van der Waals surface area contributed by atoms with Crippen LogP contribution in [0.25, 0.3) is 5.57 Å². The molecular weight excluding hydrogens is 330 g/mol. The summed E-state index contributed by atoms with van der Waals surface area (Å²) in [4.78, 5) is 27.2. The van der Waals surface area contributed by atoms with Gasteiger partial charge in [-0.05, 0) is 23.8 Å². The van der Waals surface area contributed by atoms with Crippen molar-refractivity contribution in [2.45, 2.75) is 5.60 Å². The number of ether oxygens (including phenoxy) is 2. The van der Waals surface area contributed by atoms with Gasteiger partial charge in [-0.25, -0.2) is 4.79 Å². The fourth-order valence-electron chi connectivity index (χ4n) is 3.60. The SMILES string of the molecule is C=CCN1C(=O)[C@]2(OC(=O)C=C2c2ccccc2)c2cc(OC)ccc21. The number of esters is 1. The van der Waals surface area contributed by atoms with Gasteiger partial charge in [-0.2, -0.15) is 0 Å². The maximum Gasteiger partial charge on any atom is 0.332 e. The first kappa shape index (κ1) is 16.1. The number of carbonyl (C=O) groups excluding carboxylic acids is 2. The van der Waals surface area contributed by atoms with Crippen LogP contribution in [0.3, 0.4) is 0 Å². The Morgan fingerprint density at radius 3 is 2.65 bits per heavy atom. The lowest BCUT2D eigenvalue weighted by Gasteiger charge is -2.26. The Balaban J connectivity index is 1.98. The second-order valence-corrected chi connectivity index (χ2v) is 6.11. The molecule has 1 spiro atoms. The summed E-state index contributed by atoms with van der Waals surface area (Å²) in [5.41, 5.74) is 1.10. The third kappa shape index (κ3) is 2.10. The molecule has 5 heteroatoms. The number of rotatable bonds is 4. The minimum absolute atomic E-state index is 0.304. The molecule has 0 unspecified atom stereocenters. The number of carbonyl (C=O) groups is 2. The van der Waals surface area contributed by atoms with Crippen LogP contribution in [0.1, 0.15) is 11.1 Å². The Labute approximate surface area is 151 Å². The van der Waals surface area contributed by atoms with Crippen LogP contribution in [0.5, 0.6) is 5.75 Å². The van der Waals surface area contributed by atoms with Crippen molar-refractivity contribution in [2.24, 2.45) is 0 Å². The van der Waals surface area contributed by atoms with Gasteiger partial charge < -0.3 is 14.4 Å². The summed E-state index contributed by atoms with van der Waals surface area (Å²) in [5, 5.41) is 0. The summed E-state index contributed by atoms with van der Waals surface area (Å²) < 4.78 is 11.0. The molecule has 0 aliphatic carbocycles. The number of benzene rings is 2. The fraction of sp³-hybridized carbons (Fsp3) is 0.143. The van der Waals surface area contributed by atoms with Gasteiger partial charge in [-0.15, -0.1) is 6.58 Å². The van der Waals surface area contributed by atoms with Crippen LogP contribution in [0.2, 0.25) is 0 Å². The van der Waals surface area contributed by atoms with Crippen molar-refractivity contribution in [3.05, 3.63) is 78.4 Å². The first-order valence-electron chi connectivity index (χ1n) is 8.23. The summed E-state index contributed by atoms with van der Waals surface area (Å²) in [6.45, 7) is 4.05. The van der Waals surface area contributed by atoms with E-state index in [2.05, 4.69) is 6.58 Å². The topological polar surface area (TPSA) is 55.8 Å². The third-order valence-corrected chi connectivity index (χ3v) is 4.71. The highest BCUT2D eigenvalue weighted by Crippen LogP contribution is 2.53. The van der Waals surface area contributed by atoms with E-state index in [-0.39, 0.29) is 5.91 Å². The summed E-state index contributed by atoms with van der Waals surface area (Å²) in [5.74, 6) is -0.250. The first-order chi connectivity index (χ1) is 12.6. The number of amides is 1. The van der Waals surface area contributed by atoms with E-state index in [0.29, 0.717) is 29.1 Å². The minimum Gasteiger partial charge on any atom is -0.497 e. The van der Waals surface area contributed by atoms with Crippen LogP contribution in [0.4, 0.5) is 5.69 Å². The van der Waals surface area contributed by atoms with Crippen LogP contribution in [-0.2, 0) is 19.9 Å². The Morgan fingerprint density at radius 2 is 1.96 bits per heavy atom. The van der Waals surface area contributed by atoms with Crippen LogP contribution >= 0.6 is 0 Å². The number of methoxy groups -OCH3 is 1. The Kier molecular flexibility index (Phi) is 3.65. The molecule has 2 aliphatic heterocycles. The van der Waals surface area contributed by atoms with Gasteiger partial charge in [0.15, 0.2) is 0 Å². The van der Waals surface area contributed by atoms with E-state index >= 15 is 0 Å². The van der Waals surface area contributed by atoms with Gasteiger partial charge in [0.2, 0.25) is 5.60 Å². The lowest BCUT2D eigenvalue weighted by molar-refractivity contribution is -0.153. The van der Waals surface area contributed by atoms with Crippen LogP contribution in [-0.4, -0.2) is 25.5 Å². The van der Waals surface area contributed by atoms with Gasteiger partial charge >= 0.3 is 5.97 Å². The molecule has 0 saturated carbocycles. The molecule has 130 valence electrons. The molecule has 0 aromatic heterocycles. The van der Waals surface area contributed by atoms with Gasteiger partial charge in [0, 0.05) is 23.8 Å². The molecule has 26 heavy (non-hydrogen) atoms. The zero-order chi connectivity index (χ0) is 18.3. The van der Waals surface area contributed by atoms with Crippen molar-refractivity contribution >= 4 is 23.1 Å². The molecule has 2 aromatic carbocycles. The largest absolute Gasteiger partial charge is 0.497 e. The minimum atomic E-state index is -1.49. The fourth-order valence-corrected chi connectivity index (χ4v) is 3.60. The number of anilines is 1. The Bertz CT molecular complexity index is 948. The van der Waals surface area contributed by atoms with E-state index in [1.54, 1.807) is 36.3 Å². The molecular formula is C21H17NO4. The smallest absolute Gasteiger partial charge is 0.332 e. The molecule has 0 N–H and O–H groups in total. The van der Waals surface area contributed by atoms with Gasteiger partial charge in [0.05, 0.1) is 12.8 Å². The Morgan fingerprint density at radius 1 is 1.19 bits per heavy atom. The summed E-state index contributed by atoms with van der Waals surface area (Å²) >= 11 is 0. The highest BCUT2D eigenvalue weighted by molar-refractivity contribution is 6.20. The van der Waals surface area contributed by atoms with E-state index in [4.69, 9.17) is 9.47 Å². The van der Waals surface area contributed by atoms with Crippen LogP contribution in [0, 0.1) is 0 Å². The molecule has 1 atom stereocenters. The highest BCUT2D eigenvalue weighted by Gasteiger charge is 2.59. The predicted molar refractivity (Wildman–Crippen MR) is 97.7 cm³/mol. The van der Waals surface area contributed by atoms with Crippen molar-refractivity contribution in [2.75, 3.05) is 18.6 Å². The maximum atomic E-state index is 13.4. The summed E-state index contributed by atoms with van der Waals surface area (Å²) in [6.07, 6.45) is 3.04. The molecule has 0 fully saturated rings. The van der Waals surface area contributed by atoms with E-state index in [9.17, 15) is 9.59 Å². The number of hydrogen-bond donors (Lipinski definition) is 0. The monoisotopic (exact) mass is 347 g/mol. The summed E-state index contributed by atoms with van der Waals surface area (Å²) in [6, 6.07) is 14.7. The third-order valence-electron chi connectivity index (χ3n) is 4.71. The molecule has 0 bridgehead atoms. The van der Waals surface area contributed by atoms with E-state index in [1.807, 2.05) is 30.3 Å². The molecule has 1 amide bonds. The quantitative estimate of drug-likeness (QED) is 0.630. The maximum absolute atomic E-state index is 13.4. The average Bonchev–Trinajstić information content (AvgIpc) is 3.13. The second-order valence-electron chi connectivity index (χ2n) is 6.11. The zero-order valence-corrected chi connectivity index (χ0v) is 14.3. The van der Waals surface area contributed by atoms with Crippen molar-refractivity contribution in [3.63, 3.8) is 0 Å². The molecule has 2 aliphatic rings. The standard InChI is InChI=1S/C21H17NO4/c1-3-11-22-18-10-9-15(25-2)12-17(18)21(20(22)24)16(13-19(23)26-21)14-7-5-4-6-8-14/h3-10,12-13H,1,11H2,2H3/t21-/m1/s1. The van der Waals surface area contributed by atoms with Crippen molar-refractivity contribution in [1.29, 1.82) is 0 Å². The highest BCUT2D eigenvalue weighted by atomic mass is 16.6. The molecule has 2 heterocycles. The van der Waals surface area contributed by atoms with Gasteiger partial charge in [0.25, 0.3) is 5.91 Å². The second kappa shape index (κ2) is 5.88. The van der Waals surface area contributed by atoms with Gasteiger partial charge in [-0.3, -0.25) is 4.79 Å². The number of nitrogens with zero attached hydrogens (tertiary/aromatic N) is 1. The molecule has 0 radical (unpaired) electrons. The molecule has 4 rings (SSSR count). The molecule has 5 nitrogen and oxygen atoms in total. The van der Waals surface area contributed by atoms with E-state index in [0.717, 1.165) is 5.56 Å². The van der Waals surface area contributed by atoms with Gasteiger partial charge in [0.1, 0.15) is 5.75 Å². The molecule has 2 aromatic rings. The normalized spacial score (nSPS) is 20.8. The van der Waals surface area contributed by atoms with Crippen molar-refractivity contribution < 1.29 is 19.1 Å². The van der Waals surface area contributed by atoms with Crippen molar-refractivity contribution in [3.8, 4) is 5.75 Å². The Hall–Kier alpha value is -3.34. The van der Waals surface area contributed by atoms with E-state index in [1.165, 1.54) is 6.08 Å². The average molecular weight is 347 g/mol. The molecule has 0 saturated heterocycles. The number of fused-ring (bicyclic) bond motifs is 2. The first-order valence-corrected chi connectivity index (χ1v) is 8.23. The number of hydrogen-bond acceptors (Lipinski definition) is 4. The lowest BCUT2D eigenvalue weighted by atomic mass is 9.84. The van der Waals surface area contributed by atoms with E-state index < -0.39 is 11.6 Å². The summed E-state index contributed by atoms with van der Waals surface area (Å²) in [7, 11) is 1.56. The van der Waals surface area contributed by atoms with Crippen LogP contribution < -0.4 is 9.64 Å². The van der Waals surface area contributed by atoms with Crippen LogP contribution in [0.15, 0.2) is 67.3 Å². The zero-order valence-electron chi connectivity index (χ0n) is 14.3. The predicted octanol–water partition coefficient (Wildman–Crippen LogP) is 3.06. The lowest BCUT2D eigenvalue weighted by Crippen LogP contribution is -2.42.